The molecule has 0 unspecified atom stereocenters. The first-order chi connectivity index (χ1) is 14.1. The number of rotatable bonds is 4. The summed E-state index contributed by atoms with van der Waals surface area (Å²) in [6.07, 6.45) is -0.658. The number of allylic oxidation sites excluding steroid dienone is 1. The molecule has 2 rings (SSSR count). The van der Waals surface area contributed by atoms with E-state index in [2.05, 4.69) is 15.0 Å². The molecule has 0 fully saturated rings. The summed E-state index contributed by atoms with van der Waals surface area (Å²) in [6.45, 7) is 8.78. The lowest BCUT2D eigenvalue weighted by molar-refractivity contribution is -0.138. The molecule has 1 aliphatic heterocycles. The lowest BCUT2D eigenvalue weighted by Crippen LogP contribution is -2.47. The fraction of sp³-hybridized carbons (Fsp3) is 0.429. The molecule has 0 aliphatic carbocycles. The Hall–Kier alpha value is -3.36. The SMILES string of the molecule is CCOC(=O)C1=C(C)N=C(Nc2ccc(C(=O)OC)cc2)N(C(=O)OC(C)(C)C)C1. The van der Waals surface area contributed by atoms with E-state index in [1.165, 1.54) is 12.0 Å². The van der Waals surface area contributed by atoms with Crippen LogP contribution in [0.25, 0.3) is 0 Å². The predicted octanol–water partition coefficient (Wildman–Crippen LogP) is 3.33. The minimum Gasteiger partial charge on any atom is -0.465 e. The maximum atomic E-state index is 12.8. The van der Waals surface area contributed by atoms with Gasteiger partial charge in [-0.15, -0.1) is 0 Å². The molecular formula is C21H27N3O6. The van der Waals surface area contributed by atoms with Crippen LogP contribution in [0.2, 0.25) is 0 Å². The van der Waals surface area contributed by atoms with Gasteiger partial charge in [0.05, 0.1) is 37.1 Å². The van der Waals surface area contributed by atoms with Crippen molar-refractivity contribution in [3.8, 4) is 0 Å². The molecule has 1 aliphatic rings. The molecular weight excluding hydrogens is 390 g/mol. The number of ether oxygens (including phenoxy) is 3. The van der Waals surface area contributed by atoms with Crippen molar-refractivity contribution in [2.24, 2.45) is 4.99 Å². The van der Waals surface area contributed by atoms with Gasteiger partial charge in [0, 0.05) is 5.69 Å². The highest BCUT2D eigenvalue weighted by Crippen LogP contribution is 2.21. The number of carbonyl (C=O) groups excluding carboxylic acids is 3. The van der Waals surface area contributed by atoms with Gasteiger partial charge in [-0.25, -0.2) is 24.3 Å². The molecule has 0 radical (unpaired) electrons. The minimum absolute atomic E-state index is 0.0499. The highest BCUT2D eigenvalue weighted by atomic mass is 16.6. The number of anilines is 1. The maximum absolute atomic E-state index is 12.8. The molecule has 0 saturated heterocycles. The Morgan fingerprint density at radius 2 is 1.77 bits per heavy atom. The number of carbonyl (C=O) groups is 3. The highest BCUT2D eigenvalue weighted by Gasteiger charge is 2.32. The average Bonchev–Trinajstić information content (AvgIpc) is 2.66. The number of esters is 2. The van der Waals surface area contributed by atoms with Crippen LogP contribution in [0.1, 0.15) is 45.0 Å². The second kappa shape index (κ2) is 9.43. The summed E-state index contributed by atoms with van der Waals surface area (Å²) >= 11 is 0. The van der Waals surface area contributed by atoms with Gasteiger partial charge in [0.2, 0.25) is 5.96 Å². The first-order valence-corrected chi connectivity index (χ1v) is 9.47. The van der Waals surface area contributed by atoms with Crippen molar-refractivity contribution in [1.82, 2.24) is 4.90 Å². The van der Waals surface area contributed by atoms with E-state index >= 15 is 0 Å². The Balaban J connectivity index is 2.35. The topological polar surface area (TPSA) is 107 Å². The standard InChI is InChI=1S/C21H27N3O6/c1-7-29-18(26)16-12-24(20(27)30-21(3,4)5)19(22-13(16)2)23-15-10-8-14(9-11-15)17(25)28-6/h8-11H,7,12H2,1-6H3,(H,22,23). The van der Waals surface area contributed by atoms with Crippen molar-refractivity contribution >= 4 is 29.7 Å². The third kappa shape index (κ3) is 5.82. The number of nitrogens with zero attached hydrogens (tertiary/aromatic N) is 2. The largest absolute Gasteiger partial charge is 0.465 e. The fourth-order valence-electron chi connectivity index (χ4n) is 2.56. The van der Waals surface area contributed by atoms with Gasteiger partial charge in [0.1, 0.15) is 5.60 Å². The van der Waals surface area contributed by atoms with Crippen molar-refractivity contribution in [2.75, 3.05) is 25.6 Å². The summed E-state index contributed by atoms with van der Waals surface area (Å²) < 4.78 is 15.2. The van der Waals surface area contributed by atoms with Crippen LogP contribution in [-0.2, 0) is 19.0 Å². The van der Waals surface area contributed by atoms with E-state index in [1.807, 2.05) is 0 Å². The van der Waals surface area contributed by atoms with Gasteiger partial charge in [-0.2, -0.15) is 0 Å². The van der Waals surface area contributed by atoms with Crippen LogP contribution in [0.4, 0.5) is 10.5 Å². The van der Waals surface area contributed by atoms with Gasteiger partial charge in [0.15, 0.2) is 0 Å². The van der Waals surface area contributed by atoms with E-state index in [0.29, 0.717) is 16.9 Å². The normalized spacial score (nSPS) is 14.1. The Bertz CT molecular complexity index is 881. The number of nitrogens with one attached hydrogen (secondary N) is 1. The molecule has 1 heterocycles. The zero-order valence-corrected chi connectivity index (χ0v) is 18.1. The van der Waals surface area contributed by atoms with Gasteiger partial charge < -0.3 is 19.5 Å². The minimum atomic E-state index is -0.731. The van der Waals surface area contributed by atoms with Crippen LogP contribution in [0.3, 0.4) is 0 Å². The van der Waals surface area contributed by atoms with Gasteiger partial charge in [-0.05, 0) is 58.9 Å². The number of amides is 1. The molecule has 0 aromatic heterocycles. The van der Waals surface area contributed by atoms with Crippen LogP contribution in [-0.4, -0.2) is 54.8 Å². The molecule has 1 aromatic rings. The Morgan fingerprint density at radius 3 is 2.30 bits per heavy atom. The first-order valence-electron chi connectivity index (χ1n) is 9.47. The summed E-state index contributed by atoms with van der Waals surface area (Å²) in [5.74, 6) is -0.792. The number of aliphatic imine (C=N–C) groups is 1. The van der Waals surface area contributed by atoms with Crippen LogP contribution < -0.4 is 5.32 Å². The Morgan fingerprint density at radius 1 is 1.13 bits per heavy atom. The molecule has 0 bridgehead atoms. The van der Waals surface area contributed by atoms with Crippen molar-refractivity contribution in [1.29, 1.82) is 0 Å². The molecule has 0 spiro atoms. The number of guanidine groups is 1. The van der Waals surface area contributed by atoms with E-state index in [1.54, 1.807) is 58.9 Å². The molecule has 162 valence electrons. The zero-order valence-electron chi connectivity index (χ0n) is 18.1. The van der Waals surface area contributed by atoms with Gasteiger partial charge in [-0.1, -0.05) is 0 Å². The Kier molecular flexibility index (Phi) is 7.20. The molecule has 0 atom stereocenters. The lowest BCUT2D eigenvalue weighted by Gasteiger charge is -2.31. The quantitative estimate of drug-likeness (QED) is 0.591. The molecule has 30 heavy (non-hydrogen) atoms. The van der Waals surface area contributed by atoms with E-state index < -0.39 is 23.6 Å². The summed E-state index contributed by atoms with van der Waals surface area (Å²) in [4.78, 5) is 42.3. The van der Waals surface area contributed by atoms with Crippen molar-refractivity contribution in [3.05, 3.63) is 41.1 Å². The van der Waals surface area contributed by atoms with Gasteiger partial charge in [0.25, 0.3) is 0 Å². The van der Waals surface area contributed by atoms with Gasteiger partial charge >= 0.3 is 18.0 Å². The Labute approximate surface area is 175 Å². The molecule has 1 aromatic carbocycles. The third-order valence-corrected chi connectivity index (χ3v) is 3.98. The second-order valence-electron chi connectivity index (χ2n) is 7.48. The van der Waals surface area contributed by atoms with Crippen molar-refractivity contribution in [2.45, 2.75) is 40.2 Å². The van der Waals surface area contributed by atoms with E-state index in [-0.39, 0.29) is 24.7 Å². The number of hydrogen-bond donors (Lipinski definition) is 1. The molecule has 0 saturated carbocycles. The van der Waals surface area contributed by atoms with Crippen LogP contribution >= 0.6 is 0 Å². The highest BCUT2D eigenvalue weighted by molar-refractivity contribution is 6.06. The number of hydrogen-bond acceptors (Lipinski definition) is 8. The van der Waals surface area contributed by atoms with E-state index in [0.717, 1.165) is 0 Å². The third-order valence-electron chi connectivity index (χ3n) is 3.98. The van der Waals surface area contributed by atoms with Crippen LogP contribution in [0.5, 0.6) is 0 Å². The van der Waals surface area contributed by atoms with E-state index in [4.69, 9.17) is 9.47 Å². The zero-order chi connectivity index (χ0) is 22.5. The maximum Gasteiger partial charge on any atom is 0.417 e. The van der Waals surface area contributed by atoms with Gasteiger partial charge in [-0.3, -0.25) is 0 Å². The monoisotopic (exact) mass is 417 g/mol. The smallest absolute Gasteiger partial charge is 0.417 e. The molecule has 1 N–H and O–H groups in total. The summed E-state index contributed by atoms with van der Waals surface area (Å²) in [7, 11) is 1.31. The second-order valence-corrected chi connectivity index (χ2v) is 7.48. The lowest BCUT2D eigenvalue weighted by atomic mass is 10.1. The summed E-state index contributed by atoms with van der Waals surface area (Å²) in [5.41, 5.74) is 0.946. The van der Waals surface area contributed by atoms with Crippen LogP contribution in [0, 0.1) is 0 Å². The van der Waals surface area contributed by atoms with E-state index in [9.17, 15) is 14.4 Å². The van der Waals surface area contributed by atoms with Crippen molar-refractivity contribution < 1.29 is 28.6 Å². The van der Waals surface area contributed by atoms with Crippen molar-refractivity contribution in [3.63, 3.8) is 0 Å². The summed E-state index contributed by atoms with van der Waals surface area (Å²) in [5, 5.41) is 3.04. The number of benzene rings is 1. The van der Waals surface area contributed by atoms with Crippen LogP contribution in [0.15, 0.2) is 40.5 Å². The predicted molar refractivity (Wildman–Crippen MR) is 111 cm³/mol. The molecule has 9 nitrogen and oxygen atoms in total. The molecule has 1 amide bonds. The molecule has 9 heteroatoms. The number of methoxy groups -OCH3 is 1. The first kappa shape index (κ1) is 22.9. The fourth-order valence-corrected chi connectivity index (χ4v) is 2.56. The average molecular weight is 417 g/mol. The summed E-state index contributed by atoms with van der Waals surface area (Å²) in [6, 6.07) is 6.48.